The monoisotopic (exact) mass is 324 g/mol. The first-order chi connectivity index (χ1) is 8.97. The molecule has 0 saturated carbocycles. The molecule has 1 N–H and O–H groups in total. The maximum Gasteiger partial charge on any atom is 0.0402 e. The van der Waals surface area contributed by atoms with Crippen LogP contribution < -0.4 is 5.32 Å². The highest BCUT2D eigenvalue weighted by molar-refractivity contribution is 9.10. The number of nitrogens with zero attached hydrogens (tertiary/aromatic N) is 1. The second-order valence-electron chi connectivity index (χ2n) is 5.96. The maximum absolute atomic E-state index is 3.76. The standard InChI is InChI=1S/C16H25BrN2/c1-11(2)19-7-5-15(6-8-19)18-16-12(3)9-14(17)10-13(16)4/h9-11,15,18H,5-8H2,1-4H3. The molecule has 2 rings (SSSR count). The van der Waals surface area contributed by atoms with Crippen molar-refractivity contribution in [1.29, 1.82) is 0 Å². The van der Waals surface area contributed by atoms with Crippen molar-refractivity contribution in [2.24, 2.45) is 0 Å². The third kappa shape index (κ3) is 3.73. The van der Waals surface area contributed by atoms with Crippen LogP contribution in [0.15, 0.2) is 16.6 Å². The van der Waals surface area contributed by atoms with Gasteiger partial charge >= 0.3 is 0 Å². The van der Waals surface area contributed by atoms with E-state index >= 15 is 0 Å². The molecule has 1 fully saturated rings. The van der Waals surface area contributed by atoms with Crippen LogP contribution in [0.1, 0.15) is 37.8 Å². The van der Waals surface area contributed by atoms with Gasteiger partial charge in [0.15, 0.2) is 0 Å². The summed E-state index contributed by atoms with van der Waals surface area (Å²) in [7, 11) is 0. The Kier molecular flexibility index (Phi) is 4.91. The molecule has 0 amide bonds. The van der Waals surface area contributed by atoms with Gasteiger partial charge in [-0.15, -0.1) is 0 Å². The van der Waals surface area contributed by atoms with Crippen LogP contribution >= 0.6 is 15.9 Å². The number of hydrogen-bond acceptors (Lipinski definition) is 2. The minimum atomic E-state index is 0.619. The van der Waals surface area contributed by atoms with E-state index in [4.69, 9.17) is 0 Å². The summed E-state index contributed by atoms with van der Waals surface area (Å²) in [4.78, 5) is 2.57. The quantitative estimate of drug-likeness (QED) is 0.889. The fraction of sp³-hybridized carbons (Fsp3) is 0.625. The van der Waals surface area contributed by atoms with Crippen molar-refractivity contribution in [1.82, 2.24) is 4.90 Å². The van der Waals surface area contributed by atoms with Gasteiger partial charge in [-0.3, -0.25) is 0 Å². The molecule has 1 saturated heterocycles. The van der Waals surface area contributed by atoms with Gasteiger partial charge in [0.25, 0.3) is 0 Å². The van der Waals surface area contributed by atoms with Gasteiger partial charge in [0, 0.05) is 35.3 Å². The fourth-order valence-electron chi connectivity index (χ4n) is 2.90. The fourth-order valence-corrected chi connectivity index (χ4v) is 3.59. The Balaban J connectivity index is 2.00. The molecule has 0 unspecified atom stereocenters. The van der Waals surface area contributed by atoms with Crippen molar-refractivity contribution in [2.45, 2.75) is 52.6 Å². The normalized spacial score (nSPS) is 18.0. The molecule has 0 spiro atoms. The van der Waals surface area contributed by atoms with Crippen LogP contribution in [0.2, 0.25) is 0 Å². The lowest BCUT2D eigenvalue weighted by atomic mass is 10.0. The van der Waals surface area contributed by atoms with Crippen molar-refractivity contribution >= 4 is 21.6 Å². The highest BCUT2D eigenvalue weighted by Gasteiger charge is 2.21. The van der Waals surface area contributed by atoms with Crippen LogP contribution in [0.25, 0.3) is 0 Å². The van der Waals surface area contributed by atoms with Crippen molar-refractivity contribution in [3.8, 4) is 0 Å². The summed E-state index contributed by atoms with van der Waals surface area (Å²) in [6.07, 6.45) is 2.49. The van der Waals surface area contributed by atoms with Crippen LogP contribution in [-0.4, -0.2) is 30.1 Å². The molecule has 106 valence electrons. The number of likely N-dealkylation sites (tertiary alicyclic amines) is 1. The predicted octanol–water partition coefficient (Wildman–Crippen LogP) is 4.35. The minimum Gasteiger partial charge on any atom is -0.382 e. The van der Waals surface area contributed by atoms with Crippen molar-refractivity contribution in [3.63, 3.8) is 0 Å². The van der Waals surface area contributed by atoms with Gasteiger partial charge in [-0.25, -0.2) is 0 Å². The lowest BCUT2D eigenvalue weighted by Gasteiger charge is -2.35. The molecule has 0 atom stereocenters. The Hall–Kier alpha value is -0.540. The summed E-state index contributed by atoms with van der Waals surface area (Å²) < 4.78 is 1.17. The van der Waals surface area contributed by atoms with Gasteiger partial charge in [0.2, 0.25) is 0 Å². The number of nitrogens with one attached hydrogen (secondary N) is 1. The van der Waals surface area contributed by atoms with E-state index in [0.717, 1.165) is 0 Å². The molecule has 2 nitrogen and oxygen atoms in total. The molecule has 1 aromatic carbocycles. The summed E-state index contributed by atoms with van der Waals surface area (Å²) >= 11 is 3.56. The zero-order valence-electron chi connectivity index (χ0n) is 12.5. The first-order valence-corrected chi connectivity index (χ1v) is 8.04. The number of halogens is 1. The lowest BCUT2D eigenvalue weighted by Crippen LogP contribution is -2.42. The van der Waals surface area contributed by atoms with Crippen LogP contribution in [0.3, 0.4) is 0 Å². The van der Waals surface area contributed by atoms with Gasteiger partial charge in [-0.05, 0) is 63.8 Å². The van der Waals surface area contributed by atoms with E-state index < -0.39 is 0 Å². The molecular weight excluding hydrogens is 300 g/mol. The van der Waals surface area contributed by atoms with Gasteiger partial charge in [0.1, 0.15) is 0 Å². The van der Waals surface area contributed by atoms with Crippen molar-refractivity contribution < 1.29 is 0 Å². The molecule has 0 bridgehead atoms. The second-order valence-corrected chi connectivity index (χ2v) is 6.88. The van der Waals surface area contributed by atoms with Crippen LogP contribution in [-0.2, 0) is 0 Å². The van der Waals surface area contributed by atoms with Gasteiger partial charge in [0.05, 0.1) is 0 Å². The van der Waals surface area contributed by atoms with E-state index in [1.807, 2.05) is 0 Å². The van der Waals surface area contributed by atoms with E-state index in [1.54, 1.807) is 0 Å². The topological polar surface area (TPSA) is 15.3 Å². The van der Waals surface area contributed by atoms with Gasteiger partial charge in [-0.1, -0.05) is 15.9 Å². The summed E-state index contributed by atoms with van der Waals surface area (Å²) in [5.41, 5.74) is 3.99. The molecule has 19 heavy (non-hydrogen) atoms. The smallest absolute Gasteiger partial charge is 0.0402 e. The first-order valence-electron chi connectivity index (χ1n) is 7.24. The zero-order chi connectivity index (χ0) is 14.0. The average molecular weight is 325 g/mol. The van der Waals surface area contributed by atoms with Crippen molar-refractivity contribution in [3.05, 3.63) is 27.7 Å². The first kappa shape index (κ1) is 14.9. The largest absolute Gasteiger partial charge is 0.382 e. The molecule has 0 radical (unpaired) electrons. The number of rotatable bonds is 3. The predicted molar refractivity (Wildman–Crippen MR) is 87.0 cm³/mol. The number of piperidine rings is 1. The van der Waals surface area contributed by atoms with E-state index in [0.29, 0.717) is 12.1 Å². The Morgan fingerprint density at radius 3 is 2.16 bits per heavy atom. The second kappa shape index (κ2) is 6.27. The number of aryl methyl sites for hydroxylation is 2. The van der Waals surface area contributed by atoms with Crippen LogP contribution in [0, 0.1) is 13.8 Å². The molecule has 1 aliphatic rings. The summed E-state index contributed by atoms with van der Waals surface area (Å²) in [5, 5.41) is 3.76. The molecule has 0 aromatic heterocycles. The van der Waals surface area contributed by atoms with Gasteiger partial charge in [-0.2, -0.15) is 0 Å². The van der Waals surface area contributed by atoms with Crippen molar-refractivity contribution in [2.75, 3.05) is 18.4 Å². The number of hydrogen-bond donors (Lipinski definition) is 1. The molecule has 1 aromatic rings. The molecule has 3 heteroatoms. The van der Waals surface area contributed by atoms with E-state index in [2.05, 4.69) is 66.0 Å². The highest BCUT2D eigenvalue weighted by Crippen LogP contribution is 2.27. The zero-order valence-corrected chi connectivity index (χ0v) is 14.0. The SMILES string of the molecule is Cc1cc(Br)cc(C)c1NC1CCN(C(C)C)CC1. The molecule has 1 heterocycles. The summed E-state index contributed by atoms with van der Waals surface area (Å²) in [6, 6.07) is 5.68. The summed E-state index contributed by atoms with van der Waals surface area (Å²) in [5.74, 6) is 0. The third-order valence-electron chi connectivity index (χ3n) is 4.11. The minimum absolute atomic E-state index is 0.619. The number of benzene rings is 1. The Bertz CT molecular complexity index is 411. The Morgan fingerprint density at radius 1 is 1.16 bits per heavy atom. The Labute approximate surface area is 125 Å². The van der Waals surface area contributed by atoms with E-state index in [9.17, 15) is 0 Å². The molecule has 0 aliphatic carbocycles. The average Bonchev–Trinajstić information content (AvgIpc) is 2.34. The molecule has 1 aliphatic heterocycles. The molecular formula is C16H25BrN2. The summed E-state index contributed by atoms with van der Waals surface area (Å²) in [6.45, 7) is 11.4. The van der Waals surface area contributed by atoms with E-state index in [-0.39, 0.29) is 0 Å². The van der Waals surface area contributed by atoms with Gasteiger partial charge < -0.3 is 10.2 Å². The lowest BCUT2D eigenvalue weighted by molar-refractivity contribution is 0.177. The van der Waals surface area contributed by atoms with E-state index in [1.165, 1.54) is 47.2 Å². The van der Waals surface area contributed by atoms with Crippen LogP contribution in [0.4, 0.5) is 5.69 Å². The third-order valence-corrected chi connectivity index (χ3v) is 4.56. The maximum atomic E-state index is 3.76. The highest BCUT2D eigenvalue weighted by atomic mass is 79.9. The Morgan fingerprint density at radius 2 is 1.68 bits per heavy atom. The number of anilines is 1. The van der Waals surface area contributed by atoms with Crippen LogP contribution in [0.5, 0.6) is 0 Å².